The van der Waals surface area contributed by atoms with Gasteiger partial charge in [-0.2, -0.15) is 0 Å². The number of rotatable bonds is 2. The minimum absolute atomic E-state index is 0.346. The first-order valence-corrected chi connectivity index (χ1v) is 7.09. The molecule has 1 saturated heterocycles. The Bertz CT molecular complexity index is 438. The van der Waals surface area contributed by atoms with E-state index in [-0.39, 0.29) is 0 Å². The molecule has 0 bridgehead atoms. The molecule has 1 N–H and O–H groups in total. The smallest absolute Gasteiger partial charge is 0.231 e. The SMILES string of the molecule is CC1CCNCC(C)N1Cc1ccc2c(c1)OCO2. The summed E-state index contributed by atoms with van der Waals surface area (Å²) in [4.78, 5) is 2.57. The van der Waals surface area contributed by atoms with Crippen molar-refractivity contribution in [3.8, 4) is 11.5 Å². The summed E-state index contributed by atoms with van der Waals surface area (Å²) in [5.41, 5.74) is 1.30. The number of ether oxygens (including phenoxy) is 2. The maximum atomic E-state index is 5.45. The molecule has 0 amide bonds. The van der Waals surface area contributed by atoms with Crippen molar-refractivity contribution in [1.82, 2.24) is 10.2 Å². The van der Waals surface area contributed by atoms with Crippen LogP contribution in [0.25, 0.3) is 0 Å². The molecule has 1 fully saturated rings. The number of nitrogens with zero attached hydrogens (tertiary/aromatic N) is 1. The summed E-state index contributed by atoms with van der Waals surface area (Å²) in [6, 6.07) is 7.44. The summed E-state index contributed by atoms with van der Waals surface area (Å²) >= 11 is 0. The third kappa shape index (κ3) is 2.69. The fourth-order valence-corrected chi connectivity index (χ4v) is 2.90. The summed E-state index contributed by atoms with van der Waals surface area (Å²) in [7, 11) is 0. The van der Waals surface area contributed by atoms with Crippen molar-refractivity contribution in [2.45, 2.75) is 38.9 Å². The van der Waals surface area contributed by atoms with E-state index in [4.69, 9.17) is 9.47 Å². The zero-order valence-corrected chi connectivity index (χ0v) is 11.7. The average Bonchev–Trinajstić information content (AvgIpc) is 2.81. The van der Waals surface area contributed by atoms with E-state index in [1.165, 1.54) is 12.0 Å². The number of fused-ring (bicyclic) bond motifs is 1. The molecule has 0 aliphatic carbocycles. The first kappa shape index (κ1) is 12.8. The highest BCUT2D eigenvalue weighted by molar-refractivity contribution is 5.44. The molecule has 2 atom stereocenters. The molecule has 1 aromatic carbocycles. The topological polar surface area (TPSA) is 33.7 Å². The number of benzene rings is 1. The molecule has 2 aliphatic rings. The predicted molar refractivity (Wildman–Crippen MR) is 74.5 cm³/mol. The molecule has 0 radical (unpaired) electrons. The van der Waals surface area contributed by atoms with E-state index >= 15 is 0 Å². The van der Waals surface area contributed by atoms with Crippen molar-refractivity contribution in [3.63, 3.8) is 0 Å². The van der Waals surface area contributed by atoms with E-state index in [0.717, 1.165) is 31.1 Å². The van der Waals surface area contributed by atoms with Crippen LogP contribution < -0.4 is 14.8 Å². The largest absolute Gasteiger partial charge is 0.454 e. The van der Waals surface area contributed by atoms with Gasteiger partial charge in [-0.1, -0.05) is 6.07 Å². The van der Waals surface area contributed by atoms with Crippen LogP contribution in [0.2, 0.25) is 0 Å². The maximum Gasteiger partial charge on any atom is 0.231 e. The van der Waals surface area contributed by atoms with Crippen LogP contribution in [0.3, 0.4) is 0 Å². The van der Waals surface area contributed by atoms with Crippen molar-refractivity contribution in [3.05, 3.63) is 23.8 Å². The number of nitrogens with one attached hydrogen (secondary N) is 1. The highest BCUT2D eigenvalue weighted by Crippen LogP contribution is 2.33. The number of hydrogen-bond donors (Lipinski definition) is 1. The summed E-state index contributed by atoms with van der Waals surface area (Å²) in [5, 5.41) is 3.50. The van der Waals surface area contributed by atoms with Crippen LogP contribution in [-0.2, 0) is 6.54 Å². The summed E-state index contributed by atoms with van der Waals surface area (Å²) in [6.07, 6.45) is 1.20. The Balaban J connectivity index is 1.75. The van der Waals surface area contributed by atoms with Crippen molar-refractivity contribution in [2.75, 3.05) is 19.9 Å². The molecule has 4 nitrogen and oxygen atoms in total. The van der Waals surface area contributed by atoms with Crippen molar-refractivity contribution >= 4 is 0 Å². The second-order valence-corrected chi connectivity index (χ2v) is 5.55. The van der Waals surface area contributed by atoms with Crippen LogP contribution >= 0.6 is 0 Å². The van der Waals surface area contributed by atoms with Crippen molar-refractivity contribution in [1.29, 1.82) is 0 Å². The Morgan fingerprint density at radius 2 is 2.05 bits per heavy atom. The Kier molecular flexibility index (Phi) is 3.62. The fraction of sp³-hybridized carbons (Fsp3) is 0.600. The normalized spacial score (nSPS) is 27.3. The van der Waals surface area contributed by atoms with Crippen LogP contribution in [0, 0.1) is 0 Å². The highest BCUT2D eigenvalue weighted by atomic mass is 16.7. The van der Waals surface area contributed by atoms with Gasteiger partial charge in [-0.3, -0.25) is 4.90 Å². The maximum absolute atomic E-state index is 5.45. The lowest BCUT2D eigenvalue weighted by Gasteiger charge is -2.32. The minimum atomic E-state index is 0.346. The van der Waals surface area contributed by atoms with Crippen molar-refractivity contribution in [2.24, 2.45) is 0 Å². The zero-order valence-electron chi connectivity index (χ0n) is 11.7. The van der Waals surface area contributed by atoms with E-state index in [9.17, 15) is 0 Å². The first-order valence-electron chi connectivity index (χ1n) is 7.09. The van der Waals surface area contributed by atoms with E-state index in [1.807, 2.05) is 6.07 Å². The lowest BCUT2D eigenvalue weighted by Crippen LogP contribution is -2.41. The molecular formula is C15H22N2O2. The van der Waals surface area contributed by atoms with Gasteiger partial charge in [0.1, 0.15) is 0 Å². The van der Waals surface area contributed by atoms with Gasteiger partial charge in [-0.05, 0) is 44.5 Å². The van der Waals surface area contributed by atoms with Gasteiger partial charge in [0, 0.05) is 25.2 Å². The van der Waals surface area contributed by atoms with Crippen LogP contribution in [0.1, 0.15) is 25.8 Å². The van der Waals surface area contributed by atoms with E-state index < -0.39 is 0 Å². The Morgan fingerprint density at radius 3 is 2.95 bits per heavy atom. The number of hydrogen-bond acceptors (Lipinski definition) is 4. The molecule has 4 heteroatoms. The fourth-order valence-electron chi connectivity index (χ4n) is 2.90. The molecule has 19 heavy (non-hydrogen) atoms. The van der Waals surface area contributed by atoms with Gasteiger partial charge >= 0.3 is 0 Å². The molecule has 2 aliphatic heterocycles. The van der Waals surface area contributed by atoms with Crippen LogP contribution in [-0.4, -0.2) is 36.9 Å². The van der Waals surface area contributed by atoms with Gasteiger partial charge in [0.05, 0.1) is 0 Å². The van der Waals surface area contributed by atoms with Gasteiger partial charge in [-0.25, -0.2) is 0 Å². The molecular weight excluding hydrogens is 240 g/mol. The Labute approximate surface area is 114 Å². The third-order valence-corrected chi connectivity index (χ3v) is 4.11. The van der Waals surface area contributed by atoms with Gasteiger partial charge in [0.15, 0.2) is 11.5 Å². The van der Waals surface area contributed by atoms with E-state index in [2.05, 4.69) is 36.2 Å². The molecule has 0 spiro atoms. The van der Waals surface area contributed by atoms with Crippen LogP contribution in [0.15, 0.2) is 18.2 Å². The highest BCUT2D eigenvalue weighted by Gasteiger charge is 2.23. The minimum Gasteiger partial charge on any atom is -0.454 e. The second-order valence-electron chi connectivity index (χ2n) is 5.55. The molecule has 104 valence electrons. The third-order valence-electron chi connectivity index (χ3n) is 4.11. The molecule has 0 aromatic heterocycles. The molecule has 2 unspecified atom stereocenters. The van der Waals surface area contributed by atoms with Gasteiger partial charge in [-0.15, -0.1) is 0 Å². The van der Waals surface area contributed by atoms with E-state index in [0.29, 0.717) is 18.9 Å². The first-order chi connectivity index (χ1) is 9.24. The van der Waals surface area contributed by atoms with Gasteiger partial charge in [0.2, 0.25) is 6.79 Å². The predicted octanol–water partition coefficient (Wildman–Crippen LogP) is 1.99. The zero-order chi connectivity index (χ0) is 13.2. The molecule has 0 saturated carbocycles. The van der Waals surface area contributed by atoms with E-state index in [1.54, 1.807) is 0 Å². The van der Waals surface area contributed by atoms with Gasteiger partial charge < -0.3 is 14.8 Å². The monoisotopic (exact) mass is 262 g/mol. The molecule has 3 rings (SSSR count). The Morgan fingerprint density at radius 1 is 1.21 bits per heavy atom. The van der Waals surface area contributed by atoms with Crippen molar-refractivity contribution < 1.29 is 9.47 Å². The molecule has 1 aromatic rings. The molecule has 2 heterocycles. The summed E-state index contributed by atoms with van der Waals surface area (Å²) in [6.45, 7) is 8.11. The Hall–Kier alpha value is -1.26. The summed E-state index contributed by atoms with van der Waals surface area (Å²) in [5.74, 6) is 1.74. The summed E-state index contributed by atoms with van der Waals surface area (Å²) < 4.78 is 10.8. The van der Waals surface area contributed by atoms with Crippen LogP contribution in [0.4, 0.5) is 0 Å². The second kappa shape index (κ2) is 5.39. The lowest BCUT2D eigenvalue weighted by atomic mass is 10.1. The lowest BCUT2D eigenvalue weighted by molar-refractivity contribution is 0.154. The standard InChI is InChI=1S/C15H22N2O2/c1-11-5-6-16-8-12(2)17(11)9-13-3-4-14-15(7-13)19-10-18-14/h3-4,7,11-12,16H,5-6,8-10H2,1-2H3. The average molecular weight is 262 g/mol. The quantitative estimate of drug-likeness (QED) is 0.884. The van der Waals surface area contributed by atoms with Gasteiger partial charge in [0.25, 0.3) is 0 Å². The van der Waals surface area contributed by atoms with Crippen LogP contribution in [0.5, 0.6) is 11.5 Å².